The Balaban J connectivity index is 1.54. The van der Waals surface area contributed by atoms with Crippen LogP contribution in [-0.4, -0.2) is 11.7 Å². The van der Waals surface area contributed by atoms with Crippen LogP contribution in [0.5, 0.6) is 0 Å². The number of para-hydroxylation sites is 1. The zero-order chi connectivity index (χ0) is 17.8. The van der Waals surface area contributed by atoms with Crippen LogP contribution in [0.15, 0.2) is 59.0 Å². The van der Waals surface area contributed by atoms with Crippen LogP contribution in [0.4, 0.5) is 4.39 Å². The van der Waals surface area contributed by atoms with Gasteiger partial charge in [0, 0.05) is 23.8 Å². The Bertz CT molecular complexity index is 866. The zero-order valence-corrected chi connectivity index (χ0v) is 13.8. The van der Waals surface area contributed by atoms with Gasteiger partial charge in [-0.2, -0.15) is 0 Å². The van der Waals surface area contributed by atoms with Crippen LogP contribution in [0.2, 0.25) is 0 Å². The number of furan rings is 1. The van der Waals surface area contributed by atoms with Gasteiger partial charge >= 0.3 is 0 Å². The maximum atomic E-state index is 12.9. The number of hydrogen-bond acceptors (Lipinski definition) is 3. The van der Waals surface area contributed by atoms with E-state index >= 15 is 0 Å². The number of halogens is 1. The summed E-state index contributed by atoms with van der Waals surface area (Å²) in [5.74, 6) is -0.150. The van der Waals surface area contributed by atoms with Gasteiger partial charge in [0.15, 0.2) is 5.78 Å². The molecule has 1 amide bonds. The van der Waals surface area contributed by atoms with Crippen molar-refractivity contribution in [2.75, 3.05) is 0 Å². The molecule has 128 valence electrons. The molecule has 0 aliphatic carbocycles. The highest BCUT2D eigenvalue weighted by Gasteiger charge is 2.15. The third kappa shape index (κ3) is 4.12. The molecule has 0 saturated carbocycles. The van der Waals surface area contributed by atoms with E-state index in [1.54, 1.807) is 0 Å². The van der Waals surface area contributed by atoms with Crippen molar-refractivity contribution in [3.63, 3.8) is 0 Å². The summed E-state index contributed by atoms with van der Waals surface area (Å²) in [5.41, 5.74) is 1.17. The summed E-state index contributed by atoms with van der Waals surface area (Å²) < 4.78 is 18.6. The van der Waals surface area contributed by atoms with Crippen molar-refractivity contribution in [1.29, 1.82) is 0 Å². The number of rotatable bonds is 6. The molecule has 1 N–H and O–H groups in total. The van der Waals surface area contributed by atoms with Crippen LogP contribution in [0.3, 0.4) is 0 Å². The molecule has 0 bridgehead atoms. The van der Waals surface area contributed by atoms with Gasteiger partial charge in [0.1, 0.15) is 17.2 Å². The smallest absolute Gasteiger partial charge is 0.221 e. The summed E-state index contributed by atoms with van der Waals surface area (Å²) in [4.78, 5) is 24.1. The number of fused-ring (bicyclic) bond motifs is 1. The Hall–Kier alpha value is -2.95. The number of carbonyl (C=O) groups is 2. The highest BCUT2D eigenvalue weighted by atomic mass is 19.1. The lowest BCUT2D eigenvalue weighted by Gasteiger charge is -2.11. The van der Waals surface area contributed by atoms with E-state index in [1.807, 2.05) is 37.3 Å². The van der Waals surface area contributed by atoms with E-state index in [0.29, 0.717) is 11.3 Å². The van der Waals surface area contributed by atoms with Crippen molar-refractivity contribution in [2.45, 2.75) is 25.8 Å². The fourth-order valence-corrected chi connectivity index (χ4v) is 2.61. The van der Waals surface area contributed by atoms with Crippen molar-refractivity contribution in [2.24, 2.45) is 0 Å². The average molecular weight is 339 g/mol. The number of amides is 1. The molecular formula is C20H18FNO3. The van der Waals surface area contributed by atoms with Crippen LogP contribution in [-0.2, 0) is 4.79 Å². The van der Waals surface area contributed by atoms with E-state index in [1.165, 1.54) is 24.3 Å². The van der Waals surface area contributed by atoms with Gasteiger partial charge in [0.2, 0.25) is 5.91 Å². The largest absolute Gasteiger partial charge is 0.459 e. The molecule has 4 nitrogen and oxygen atoms in total. The van der Waals surface area contributed by atoms with E-state index in [-0.39, 0.29) is 30.6 Å². The minimum atomic E-state index is -0.394. The minimum absolute atomic E-state index is 0.0702. The summed E-state index contributed by atoms with van der Waals surface area (Å²) in [5, 5.41) is 3.81. The van der Waals surface area contributed by atoms with Crippen molar-refractivity contribution in [3.8, 4) is 0 Å². The topological polar surface area (TPSA) is 59.3 Å². The standard InChI is InChI=1S/C20H18FNO3/c1-13(19-12-15-4-2-3-5-18(15)25-19)22-20(24)11-10-17(23)14-6-8-16(21)9-7-14/h2-9,12-13H,10-11H2,1H3,(H,22,24)/t13-/m1/s1. The second-order valence-corrected chi connectivity index (χ2v) is 5.91. The fraction of sp³-hybridized carbons (Fsp3) is 0.200. The SMILES string of the molecule is C[C@@H](NC(=O)CCC(=O)c1ccc(F)cc1)c1cc2ccccc2o1. The molecule has 1 aromatic heterocycles. The molecule has 5 heteroatoms. The van der Waals surface area contributed by atoms with Crippen LogP contribution in [0, 0.1) is 5.82 Å². The fourth-order valence-electron chi connectivity index (χ4n) is 2.61. The molecule has 0 aliphatic heterocycles. The Labute approximate surface area is 144 Å². The van der Waals surface area contributed by atoms with E-state index in [4.69, 9.17) is 4.42 Å². The van der Waals surface area contributed by atoms with Gasteiger partial charge in [-0.25, -0.2) is 4.39 Å². The molecule has 1 atom stereocenters. The van der Waals surface area contributed by atoms with E-state index in [2.05, 4.69) is 5.32 Å². The van der Waals surface area contributed by atoms with Gasteiger partial charge < -0.3 is 9.73 Å². The number of hydrogen-bond donors (Lipinski definition) is 1. The molecule has 0 unspecified atom stereocenters. The highest BCUT2D eigenvalue weighted by Crippen LogP contribution is 2.23. The molecule has 0 spiro atoms. The Kier molecular flexibility index (Phi) is 4.93. The summed E-state index contributed by atoms with van der Waals surface area (Å²) >= 11 is 0. The molecule has 0 aliphatic rings. The first-order chi connectivity index (χ1) is 12.0. The molecule has 3 rings (SSSR count). The van der Waals surface area contributed by atoms with Crippen LogP contribution in [0.1, 0.15) is 41.9 Å². The number of Topliss-reactive ketones (excluding diaryl/α,β-unsaturated/α-hetero) is 1. The van der Waals surface area contributed by atoms with Crippen molar-refractivity contribution in [1.82, 2.24) is 5.32 Å². The van der Waals surface area contributed by atoms with Gasteiger partial charge in [-0.1, -0.05) is 18.2 Å². The van der Waals surface area contributed by atoms with Gasteiger partial charge in [-0.05, 0) is 43.3 Å². The minimum Gasteiger partial charge on any atom is -0.459 e. The molecule has 0 radical (unpaired) electrons. The number of benzene rings is 2. The third-order valence-corrected chi connectivity index (χ3v) is 3.99. The number of ketones is 1. The molecule has 3 aromatic rings. The average Bonchev–Trinajstić information content (AvgIpc) is 3.04. The summed E-state index contributed by atoms with van der Waals surface area (Å²) in [6.07, 6.45) is 0.144. The maximum absolute atomic E-state index is 12.9. The van der Waals surface area contributed by atoms with Crippen LogP contribution < -0.4 is 5.32 Å². The first-order valence-electron chi connectivity index (χ1n) is 8.09. The Morgan fingerprint density at radius 1 is 1.08 bits per heavy atom. The molecule has 0 saturated heterocycles. The third-order valence-electron chi connectivity index (χ3n) is 3.99. The normalized spacial score (nSPS) is 12.1. The highest BCUT2D eigenvalue weighted by molar-refractivity contribution is 5.97. The lowest BCUT2D eigenvalue weighted by Crippen LogP contribution is -2.26. The Morgan fingerprint density at radius 2 is 1.80 bits per heavy atom. The van der Waals surface area contributed by atoms with Gasteiger partial charge in [-0.3, -0.25) is 9.59 Å². The van der Waals surface area contributed by atoms with E-state index in [0.717, 1.165) is 11.0 Å². The monoisotopic (exact) mass is 339 g/mol. The molecule has 25 heavy (non-hydrogen) atoms. The van der Waals surface area contributed by atoms with E-state index < -0.39 is 5.82 Å². The zero-order valence-electron chi connectivity index (χ0n) is 13.8. The number of nitrogens with one attached hydrogen (secondary N) is 1. The van der Waals surface area contributed by atoms with E-state index in [9.17, 15) is 14.0 Å². The quantitative estimate of drug-likeness (QED) is 0.677. The second kappa shape index (κ2) is 7.30. The number of carbonyl (C=O) groups excluding carboxylic acids is 2. The van der Waals surface area contributed by atoms with Crippen LogP contribution in [0.25, 0.3) is 11.0 Å². The first kappa shape index (κ1) is 16.9. The van der Waals surface area contributed by atoms with Gasteiger partial charge in [-0.15, -0.1) is 0 Å². The molecule has 2 aromatic carbocycles. The maximum Gasteiger partial charge on any atom is 0.221 e. The van der Waals surface area contributed by atoms with Crippen molar-refractivity contribution >= 4 is 22.7 Å². The lowest BCUT2D eigenvalue weighted by atomic mass is 10.1. The predicted molar refractivity (Wildman–Crippen MR) is 92.7 cm³/mol. The van der Waals surface area contributed by atoms with Crippen LogP contribution >= 0.6 is 0 Å². The van der Waals surface area contributed by atoms with Gasteiger partial charge in [0.05, 0.1) is 6.04 Å². The van der Waals surface area contributed by atoms with Gasteiger partial charge in [0.25, 0.3) is 0 Å². The lowest BCUT2D eigenvalue weighted by molar-refractivity contribution is -0.121. The predicted octanol–water partition coefficient (Wildman–Crippen LogP) is 4.41. The van der Waals surface area contributed by atoms with Crippen molar-refractivity contribution in [3.05, 3.63) is 71.7 Å². The summed E-state index contributed by atoms with van der Waals surface area (Å²) in [6, 6.07) is 14.5. The second-order valence-electron chi connectivity index (χ2n) is 5.91. The summed E-state index contributed by atoms with van der Waals surface area (Å²) in [6.45, 7) is 1.83. The molecule has 1 heterocycles. The first-order valence-corrected chi connectivity index (χ1v) is 8.09. The van der Waals surface area contributed by atoms with Crippen molar-refractivity contribution < 1.29 is 18.4 Å². The molecule has 0 fully saturated rings. The molecular weight excluding hydrogens is 321 g/mol. The summed E-state index contributed by atoms with van der Waals surface area (Å²) in [7, 11) is 0. The Morgan fingerprint density at radius 3 is 2.52 bits per heavy atom.